The summed E-state index contributed by atoms with van der Waals surface area (Å²) in [6.07, 6.45) is -2.10. The summed E-state index contributed by atoms with van der Waals surface area (Å²) >= 11 is 0. The van der Waals surface area contributed by atoms with Gasteiger partial charge < -0.3 is 25.6 Å². The number of esters is 2. The number of carbonyl (C=O) groups excluding carboxylic acids is 4. The van der Waals surface area contributed by atoms with Crippen molar-refractivity contribution in [1.82, 2.24) is 5.32 Å². The van der Waals surface area contributed by atoms with Gasteiger partial charge in [0.05, 0.1) is 25.6 Å². The summed E-state index contributed by atoms with van der Waals surface area (Å²) in [4.78, 5) is 48.2. The average Bonchev–Trinajstić information content (AvgIpc) is 2.64. The maximum absolute atomic E-state index is 12.3. The highest BCUT2D eigenvalue weighted by molar-refractivity contribution is 5.94. The van der Waals surface area contributed by atoms with Crippen molar-refractivity contribution in [3.05, 3.63) is 35.9 Å². The molecule has 4 N–H and O–H groups in total. The van der Waals surface area contributed by atoms with Crippen LogP contribution in [-0.4, -0.2) is 48.1 Å². The molecule has 1 aromatic carbocycles. The summed E-state index contributed by atoms with van der Waals surface area (Å²) < 4.78 is 9.66. The maximum atomic E-state index is 12.3. The standard InChI is InChI=1S/C18H24N2O7/c1-3-26-13(21)10-12(18(25)27-4-2)14(16(19)23)20-17(24)15(22)11-8-6-5-7-9-11/h5-9,12,14-15,22H,3-4,10H2,1-2H3,(H2,19,23)(H,20,24)/t12-,14+,15-/m0/s1. The van der Waals surface area contributed by atoms with E-state index in [4.69, 9.17) is 15.2 Å². The molecule has 1 aromatic rings. The first-order valence-electron chi connectivity index (χ1n) is 8.46. The SMILES string of the molecule is CCOC(=O)C[C@H](C(=O)OCC)[C@@H](NC(=O)[C@@H](O)c1ccccc1)C(N)=O. The normalized spacial score (nSPS) is 13.7. The Balaban J connectivity index is 3.01. The molecule has 3 atom stereocenters. The third kappa shape index (κ3) is 6.70. The summed E-state index contributed by atoms with van der Waals surface area (Å²) in [5.74, 6) is -5.01. The van der Waals surface area contributed by atoms with Crippen LogP contribution in [0.1, 0.15) is 31.9 Å². The molecule has 148 valence electrons. The number of nitrogens with two attached hydrogens (primary N) is 1. The molecule has 0 aromatic heterocycles. The van der Waals surface area contributed by atoms with Crippen molar-refractivity contribution in [3.8, 4) is 0 Å². The van der Waals surface area contributed by atoms with E-state index in [0.717, 1.165) is 0 Å². The smallest absolute Gasteiger partial charge is 0.312 e. The second-order valence-electron chi connectivity index (χ2n) is 5.57. The van der Waals surface area contributed by atoms with Gasteiger partial charge in [0, 0.05) is 0 Å². The first-order chi connectivity index (χ1) is 12.8. The lowest BCUT2D eigenvalue weighted by Gasteiger charge is -2.24. The van der Waals surface area contributed by atoms with Crippen LogP contribution in [0.4, 0.5) is 0 Å². The zero-order chi connectivity index (χ0) is 20.4. The molecule has 0 fully saturated rings. The van der Waals surface area contributed by atoms with Gasteiger partial charge in [-0.3, -0.25) is 19.2 Å². The van der Waals surface area contributed by atoms with Crippen molar-refractivity contribution in [2.75, 3.05) is 13.2 Å². The van der Waals surface area contributed by atoms with Crippen LogP contribution in [0.3, 0.4) is 0 Å². The van der Waals surface area contributed by atoms with Crippen molar-refractivity contribution >= 4 is 23.8 Å². The molecule has 0 aliphatic rings. The minimum Gasteiger partial charge on any atom is -0.466 e. The van der Waals surface area contributed by atoms with Crippen molar-refractivity contribution < 1.29 is 33.8 Å². The molecule has 0 saturated heterocycles. The van der Waals surface area contributed by atoms with E-state index in [1.807, 2.05) is 0 Å². The van der Waals surface area contributed by atoms with E-state index in [2.05, 4.69) is 5.32 Å². The Hall–Kier alpha value is -2.94. The van der Waals surface area contributed by atoms with E-state index >= 15 is 0 Å². The number of hydrogen-bond acceptors (Lipinski definition) is 7. The van der Waals surface area contributed by atoms with Crippen LogP contribution in [0.5, 0.6) is 0 Å². The first-order valence-corrected chi connectivity index (χ1v) is 8.46. The third-order valence-electron chi connectivity index (χ3n) is 3.65. The summed E-state index contributed by atoms with van der Waals surface area (Å²) in [5.41, 5.74) is 5.60. The van der Waals surface area contributed by atoms with Gasteiger partial charge in [0.25, 0.3) is 5.91 Å². The van der Waals surface area contributed by atoms with E-state index in [1.165, 1.54) is 12.1 Å². The summed E-state index contributed by atoms with van der Waals surface area (Å²) in [6.45, 7) is 3.22. The van der Waals surface area contributed by atoms with Gasteiger partial charge in [-0.2, -0.15) is 0 Å². The predicted octanol–water partition coefficient (Wildman–Crippen LogP) is -0.177. The Kier molecular flexibility index (Phi) is 8.94. The number of amides is 2. The number of ether oxygens (including phenoxy) is 2. The minimum atomic E-state index is -1.58. The molecule has 27 heavy (non-hydrogen) atoms. The lowest BCUT2D eigenvalue weighted by atomic mass is 9.94. The van der Waals surface area contributed by atoms with E-state index in [9.17, 15) is 24.3 Å². The monoisotopic (exact) mass is 380 g/mol. The molecule has 0 bridgehead atoms. The highest BCUT2D eigenvalue weighted by atomic mass is 16.5. The van der Waals surface area contributed by atoms with Gasteiger partial charge in [-0.05, 0) is 19.4 Å². The summed E-state index contributed by atoms with van der Waals surface area (Å²) in [7, 11) is 0. The molecule has 0 saturated carbocycles. The second-order valence-corrected chi connectivity index (χ2v) is 5.57. The van der Waals surface area contributed by atoms with Crippen LogP contribution in [0.2, 0.25) is 0 Å². The Morgan fingerprint density at radius 2 is 1.67 bits per heavy atom. The van der Waals surface area contributed by atoms with Gasteiger partial charge in [0.2, 0.25) is 5.91 Å². The Labute approximate surface area is 156 Å². The van der Waals surface area contributed by atoms with Crippen LogP contribution in [0.25, 0.3) is 0 Å². The maximum Gasteiger partial charge on any atom is 0.312 e. The van der Waals surface area contributed by atoms with E-state index in [-0.39, 0.29) is 18.8 Å². The topological polar surface area (TPSA) is 145 Å². The van der Waals surface area contributed by atoms with Gasteiger partial charge in [-0.25, -0.2) is 0 Å². The largest absolute Gasteiger partial charge is 0.466 e. The van der Waals surface area contributed by atoms with E-state index in [0.29, 0.717) is 0 Å². The molecule has 0 spiro atoms. The molecule has 0 heterocycles. The number of carbonyl (C=O) groups is 4. The second kappa shape index (κ2) is 10.9. The van der Waals surface area contributed by atoms with Crippen molar-refractivity contribution in [3.63, 3.8) is 0 Å². The zero-order valence-electron chi connectivity index (χ0n) is 15.2. The molecular formula is C18H24N2O7. The van der Waals surface area contributed by atoms with E-state index in [1.54, 1.807) is 32.0 Å². The summed E-state index contributed by atoms with van der Waals surface area (Å²) in [6, 6.07) is 6.44. The van der Waals surface area contributed by atoms with Crippen LogP contribution >= 0.6 is 0 Å². The number of benzene rings is 1. The van der Waals surface area contributed by atoms with Crippen LogP contribution < -0.4 is 11.1 Å². The highest BCUT2D eigenvalue weighted by Gasteiger charge is 2.38. The van der Waals surface area contributed by atoms with Crippen LogP contribution in [0, 0.1) is 5.92 Å². The van der Waals surface area contributed by atoms with Gasteiger partial charge in [-0.15, -0.1) is 0 Å². The number of nitrogens with one attached hydrogen (secondary N) is 1. The minimum absolute atomic E-state index is 0.00419. The third-order valence-corrected chi connectivity index (χ3v) is 3.65. The fraction of sp³-hybridized carbons (Fsp3) is 0.444. The highest BCUT2D eigenvalue weighted by Crippen LogP contribution is 2.17. The number of hydrogen-bond donors (Lipinski definition) is 3. The number of primary amides is 1. The lowest BCUT2D eigenvalue weighted by Crippen LogP contribution is -2.53. The van der Waals surface area contributed by atoms with Gasteiger partial charge in [0.1, 0.15) is 6.04 Å². The average molecular weight is 380 g/mol. The van der Waals surface area contributed by atoms with Crippen LogP contribution in [0.15, 0.2) is 30.3 Å². The zero-order valence-corrected chi connectivity index (χ0v) is 15.2. The number of rotatable bonds is 10. The molecule has 0 aliphatic heterocycles. The Bertz CT molecular complexity index is 663. The molecule has 1 rings (SSSR count). The molecule has 9 heteroatoms. The molecule has 2 amide bonds. The number of aliphatic hydroxyl groups is 1. The van der Waals surface area contributed by atoms with Crippen molar-refractivity contribution in [1.29, 1.82) is 0 Å². The van der Waals surface area contributed by atoms with Crippen LogP contribution in [-0.2, 0) is 28.7 Å². The van der Waals surface area contributed by atoms with Crippen molar-refractivity contribution in [2.24, 2.45) is 11.7 Å². The number of aliphatic hydroxyl groups excluding tert-OH is 1. The first kappa shape index (κ1) is 22.1. The Morgan fingerprint density at radius 1 is 1.07 bits per heavy atom. The predicted molar refractivity (Wildman–Crippen MR) is 93.9 cm³/mol. The van der Waals surface area contributed by atoms with Gasteiger partial charge in [-0.1, -0.05) is 30.3 Å². The summed E-state index contributed by atoms with van der Waals surface area (Å²) in [5, 5.41) is 12.4. The fourth-order valence-electron chi connectivity index (χ4n) is 2.37. The van der Waals surface area contributed by atoms with Crippen molar-refractivity contribution in [2.45, 2.75) is 32.4 Å². The van der Waals surface area contributed by atoms with Gasteiger partial charge in [0.15, 0.2) is 6.10 Å². The molecule has 0 radical (unpaired) electrons. The molecule has 9 nitrogen and oxygen atoms in total. The van der Waals surface area contributed by atoms with Gasteiger partial charge >= 0.3 is 11.9 Å². The van der Waals surface area contributed by atoms with E-state index < -0.39 is 48.2 Å². The molecule has 0 unspecified atom stereocenters. The fourth-order valence-corrected chi connectivity index (χ4v) is 2.37. The quantitative estimate of drug-likeness (QED) is 0.478. The molecular weight excluding hydrogens is 356 g/mol. The molecule has 0 aliphatic carbocycles. The Morgan fingerprint density at radius 3 is 2.19 bits per heavy atom. The lowest BCUT2D eigenvalue weighted by molar-refractivity contribution is -0.157.